The van der Waals surface area contributed by atoms with Crippen molar-refractivity contribution in [2.24, 2.45) is 0 Å². The Balaban J connectivity index is 1.84. The van der Waals surface area contributed by atoms with E-state index in [-0.39, 0.29) is 28.4 Å². The van der Waals surface area contributed by atoms with E-state index in [2.05, 4.69) is 4.74 Å². The topological polar surface area (TPSA) is 75.0 Å². The minimum absolute atomic E-state index is 0.0377. The lowest BCUT2D eigenvalue weighted by Gasteiger charge is -2.11. The average molecular weight is 362 g/mol. The van der Waals surface area contributed by atoms with Crippen LogP contribution in [0.2, 0.25) is 0 Å². The number of hydrogen-bond acceptors (Lipinski definition) is 6. The first kappa shape index (κ1) is 17.4. The maximum atomic E-state index is 12.3. The third-order valence-corrected chi connectivity index (χ3v) is 3.42. The lowest BCUT2D eigenvalue weighted by atomic mass is 10.2. The molecule has 0 aliphatic carbocycles. The number of halogens is 2. The molecule has 0 radical (unpaired) electrons. The first-order valence-corrected chi connectivity index (χ1v) is 7.35. The summed E-state index contributed by atoms with van der Waals surface area (Å²) in [5.41, 5.74) is -0.195. The molecular formula is C18H12F2O6. The van der Waals surface area contributed by atoms with Crippen molar-refractivity contribution in [1.82, 2.24) is 0 Å². The molecule has 0 unspecified atom stereocenters. The average Bonchev–Trinajstić information content (AvgIpc) is 2.61. The summed E-state index contributed by atoms with van der Waals surface area (Å²) in [6.45, 7) is -3.02. The SMILES string of the molecule is COc1cc(C(=O)Oc2ccc3ccc(=O)oc3c2)ccc1OC(F)F. The van der Waals surface area contributed by atoms with Gasteiger partial charge < -0.3 is 18.6 Å². The van der Waals surface area contributed by atoms with Gasteiger partial charge in [-0.25, -0.2) is 9.59 Å². The highest BCUT2D eigenvalue weighted by Gasteiger charge is 2.16. The summed E-state index contributed by atoms with van der Waals surface area (Å²) in [4.78, 5) is 23.5. The van der Waals surface area contributed by atoms with Gasteiger partial charge in [0, 0.05) is 17.5 Å². The van der Waals surface area contributed by atoms with Gasteiger partial charge in [-0.15, -0.1) is 0 Å². The van der Waals surface area contributed by atoms with E-state index in [1.165, 1.54) is 43.5 Å². The van der Waals surface area contributed by atoms with Crippen molar-refractivity contribution in [3.63, 3.8) is 0 Å². The molecule has 0 aliphatic rings. The molecule has 0 bridgehead atoms. The standard InChI is InChI=1S/C18H12F2O6/c1-23-15-8-11(3-6-13(15)26-18(19)20)17(22)24-12-5-2-10-4-7-16(21)25-14(10)9-12/h2-9,18H,1H3. The second-order valence-electron chi connectivity index (χ2n) is 5.09. The summed E-state index contributed by atoms with van der Waals surface area (Å²) in [5.74, 6) is -0.830. The Morgan fingerprint density at radius 3 is 2.54 bits per heavy atom. The summed E-state index contributed by atoms with van der Waals surface area (Å²) < 4.78 is 44.2. The van der Waals surface area contributed by atoms with Crippen molar-refractivity contribution < 1.29 is 32.2 Å². The maximum absolute atomic E-state index is 12.3. The Morgan fingerprint density at radius 1 is 1.04 bits per heavy atom. The third-order valence-electron chi connectivity index (χ3n) is 3.42. The van der Waals surface area contributed by atoms with Gasteiger partial charge in [0.25, 0.3) is 0 Å². The van der Waals surface area contributed by atoms with Gasteiger partial charge in [0.2, 0.25) is 0 Å². The molecule has 3 rings (SSSR count). The summed E-state index contributed by atoms with van der Waals surface area (Å²) >= 11 is 0. The first-order chi connectivity index (χ1) is 12.5. The largest absolute Gasteiger partial charge is 0.493 e. The minimum atomic E-state index is -3.02. The van der Waals surface area contributed by atoms with Crippen LogP contribution in [0.25, 0.3) is 11.0 Å². The van der Waals surface area contributed by atoms with E-state index < -0.39 is 18.2 Å². The Hall–Kier alpha value is -3.42. The second-order valence-corrected chi connectivity index (χ2v) is 5.09. The third kappa shape index (κ3) is 3.80. The number of fused-ring (bicyclic) bond motifs is 1. The van der Waals surface area contributed by atoms with Crippen molar-refractivity contribution in [1.29, 1.82) is 0 Å². The van der Waals surface area contributed by atoms with Gasteiger partial charge in [0.05, 0.1) is 12.7 Å². The van der Waals surface area contributed by atoms with E-state index in [9.17, 15) is 18.4 Å². The summed E-state index contributed by atoms with van der Waals surface area (Å²) in [7, 11) is 1.26. The lowest BCUT2D eigenvalue weighted by Crippen LogP contribution is -2.10. The Bertz CT molecular complexity index is 1010. The molecule has 0 amide bonds. The molecule has 0 N–H and O–H groups in total. The van der Waals surface area contributed by atoms with Crippen LogP contribution in [0.5, 0.6) is 17.2 Å². The number of carbonyl (C=O) groups is 1. The molecule has 8 heteroatoms. The number of rotatable bonds is 5. The van der Waals surface area contributed by atoms with Gasteiger partial charge in [-0.2, -0.15) is 8.78 Å². The maximum Gasteiger partial charge on any atom is 0.387 e. The van der Waals surface area contributed by atoms with Crippen LogP contribution in [0.4, 0.5) is 8.78 Å². The van der Waals surface area contributed by atoms with Crippen LogP contribution < -0.4 is 19.8 Å². The Labute approximate surface area is 145 Å². The van der Waals surface area contributed by atoms with Crippen LogP contribution in [0.1, 0.15) is 10.4 Å². The number of methoxy groups -OCH3 is 1. The quantitative estimate of drug-likeness (QED) is 0.392. The molecule has 1 aromatic heterocycles. The van der Waals surface area contributed by atoms with Gasteiger partial charge >= 0.3 is 18.2 Å². The number of benzene rings is 2. The fourth-order valence-corrected chi connectivity index (χ4v) is 2.26. The highest BCUT2D eigenvalue weighted by atomic mass is 19.3. The van der Waals surface area contributed by atoms with Gasteiger partial charge in [-0.1, -0.05) is 0 Å². The monoisotopic (exact) mass is 362 g/mol. The van der Waals surface area contributed by atoms with E-state index >= 15 is 0 Å². The highest BCUT2D eigenvalue weighted by Crippen LogP contribution is 2.30. The van der Waals surface area contributed by atoms with Gasteiger partial charge in [0.1, 0.15) is 11.3 Å². The van der Waals surface area contributed by atoms with Gasteiger partial charge in [-0.05, 0) is 36.4 Å². The minimum Gasteiger partial charge on any atom is -0.493 e. The van der Waals surface area contributed by atoms with Crippen LogP contribution in [-0.2, 0) is 0 Å². The van der Waals surface area contributed by atoms with E-state index in [0.29, 0.717) is 5.39 Å². The molecule has 3 aromatic rings. The molecule has 6 nitrogen and oxygen atoms in total. The van der Waals surface area contributed by atoms with E-state index in [1.807, 2.05) is 0 Å². The Kier molecular flexibility index (Phi) is 4.83. The van der Waals surface area contributed by atoms with Crippen molar-refractivity contribution in [2.45, 2.75) is 6.61 Å². The van der Waals surface area contributed by atoms with Crippen LogP contribution in [0.15, 0.2) is 57.7 Å². The number of ether oxygens (including phenoxy) is 3. The number of esters is 1. The molecule has 0 saturated heterocycles. The molecule has 0 saturated carbocycles. The molecule has 26 heavy (non-hydrogen) atoms. The van der Waals surface area contributed by atoms with Crippen LogP contribution in [-0.4, -0.2) is 19.7 Å². The predicted molar refractivity (Wildman–Crippen MR) is 87.1 cm³/mol. The zero-order valence-corrected chi connectivity index (χ0v) is 13.4. The molecular weight excluding hydrogens is 350 g/mol. The first-order valence-electron chi connectivity index (χ1n) is 7.35. The molecule has 1 heterocycles. The highest BCUT2D eigenvalue weighted by molar-refractivity contribution is 5.92. The van der Waals surface area contributed by atoms with Crippen molar-refractivity contribution >= 4 is 16.9 Å². The van der Waals surface area contributed by atoms with Crippen molar-refractivity contribution in [2.75, 3.05) is 7.11 Å². The van der Waals surface area contributed by atoms with Crippen LogP contribution >= 0.6 is 0 Å². The number of alkyl halides is 2. The van der Waals surface area contributed by atoms with Crippen molar-refractivity contribution in [3.8, 4) is 17.2 Å². The van der Waals surface area contributed by atoms with Gasteiger partial charge in [-0.3, -0.25) is 0 Å². The number of carbonyl (C=O) groups excluding carboxylic acids is 1. The smallest absolute Gasteiger partial charge is 0.387 e. The normalized spacial score (nSPS) is 10.8. The fourth-order valence-electron chi connectivity index (χ4n) is 2.26. The molecule has 0 fully saturated rings. The zero-order chi connectivity index (χ0) is 18.7. The van der Waals surface area contributed by atoms with Crippen molar-refractivity contribution in [3.05, 3.63) is 64.5 Å². The second kappa shape index (κ2) is 7.22. The lowest BCUT2D eigenvalue weighted by molar-refractivity contribution is -0.0512. The van der Waals surface area contributed by atoms with E-state index in [4.69, 9.17) is 13.9 Å². The van der Waals surface area contributed by atoms with Gasteiger partial charge in [0.15, 0.2) is 11.5 Å². The van der Waals surface area contributed by atoms with Crippen LogP contribution in [0.3, 0.4) is 0 Å². The van der Waals surface area contributed by atoms with Crippen LogP contribution in [0, 0.1) is 0 Å². The molecule has 2 aromatic carbocycles. The molecule has 134 valence electrons. The zero-order valence-electron chi connectivity index (χ0n) is 13.4. The van der Waals surface area contributed by atoms with E-state index in [1.54, 1.807) is 12.1 Å². The predicted octanol–water partition coefficient (Wildman–Crippen LogP) is 3.62. The van der Waals surface area contributed by atoms with E-state index in [0.717, 1.165) is 0 Å². The molecule has 0 spiro atoms. The Morgan fingerprint density at radius 2 is 1.81 bits per heavy atom. The fraction of sp³-hybridized carbons (Fsp3) is 0.111. The molecule has 0 aliphatic heterocycles. The molecule has 0 atom stereocenters. The summed E-state index contributed by atoms with van der Waals surface area (Å²) in [5, 5.41) is 0.666. The summed E-state index contributed by atoms with van der Waals surface area (Å²) in [6.07, 6.45) is 0. The summed E-state index contributed by atoms with van der Waals surface area (Å²) in [6, 6.07) is 11.1. The number of hydrogen-bond donors (Lipinski definition) is 0.